The van der Waals surface area contributed by atoms with Crippen molar-refractivity contribution in [2.75, 3.05) is 11.1 Å². The molecule has 0 fully saturated rings. The fourth-order valence-electron chi connectivity index (χ4n) is 2.75. The molecule has 0 aromatic carbocycles. The number of nitrogens with zero attached hydrogens (tertiary/aromatic N) is 3. The number of pyridine rings is 2. The van der Waals surface area contributed by atoms with E-state index in [-0.39, 0.29) is 23.2 Å². The number of carbonyl (C=O) groups excluding carboxylic acids is 1. The van der Waals surface area contributed by atoms with E-state index in [9.17, 15) is 13.6 Å². The molecule has 27 heavy (non-hydrogen) atoms. The number of rotatable bonds is 5. The normalized spacial score (nSPS) is 18.1. The third kappa shape index (κ3) is 4.79. The van der Waals surface area contributed by atoms with Crippen molar-refractivity contribution >= 4 is 28.5 Å². The molecule has 2 atom stereocenters. The first-order valence-electron chi connectivity index (χ1n) is 8.41. The van der Waals surface area contributed by atoms with E-state index < -0.39 is 12.3 Å². The Bertz CT molecular complexity index is 844. The number of amides is 1. The van der Waals surface area contributed by atoms with Gasteiger partial charge in [-0.1, -0.05) is 18.7 Å². The van der Waals surface area contributed by atoms with E-state index in [0.29, 0.717) is 10.9 Å². The maximum atomic E-state index is 12.6. The molecule has 3 heterocycles. The van der Waals surface area contributed by atoms with Crippen LogP contribution in [0.3, 0.4) is 0 Å². The highest BCUT2D eigenvalue weighted by Gasteiger charge is 2.23. The van der Waals surface area contributed by atoms with Crippen molar-refractivity contribution in [1.82, 2.24) is 9.97 Å². The number of amidine groups is 1. The molecule has 3 rings (SSSR count). The Morgan fingerprint density at radius 1 is 1.33 bits per heavy atom. The second-order valence-electron chi connectivity index (χ2n) is 6.16. The maximum absolute atomic E-state index is 12.6. The number of thioether (sulfide) groups is 1. The van der Waals surface area contributed by atoms with Crippen LogP contribution in [-0.4, -0.2) is 32.8 Å². The van der Waals surface area contributed by atoms with E-state index in [1.165, 1.54) is 12.1 Å². The summed E-state index contributed by atoms with van der Waals surface area (Å²) in [5.74, 6) is 0.489. The van der Waals surface area contributed by atoms with Crippen LogP contribution in [0.15, 0.2) is 41.7 Å². The van der Waals surface area contributed by atoms with Crippen LogP contribution in [0.4, 0.5) is 14.5 Å². The minimum Gasteiger partial charge on any atom is -0.379 e. The molecular weight excluding hydrogens is 372 g/mol. The molecule has 1 unspecified atom stereocenters. The monoisotopic (exact) mass is 391 g/mol. The lowest BCUT2D eigenvalue weighted by Crippen LogP contribution is -2.25. The molecule has 0 saturated carbocycles. The average molecular weight is 391 g/mol. The van der Waals surface area contributed by atoms with E-state index in [1.807, 2.05) is 6.92 Å². The van der Waals surface area contributed by atoms with Crippen molar-refractivity contribution in [1.29, 1.82) is 0 Å². The smallest absolute Gasteiger partial charge is 0.274 e. The summed E-state index contributed by atoms with van der Waals surface area (Å²) in [6, 6.07) is 5.96. The number of halogens is 2. The van der Waals surface area contributed by atoms with Crippen LogP contribution in [0.1, 0.15) is 47.4 Å². The van der Waals surface area contributed by atoms with Crippen LogP contribution in [-0.2, 0) is 0 Å². The maximum Gasteiger partial charge on any atom is 0.274 e. The molecule has 142 valence electrons. The van der Waals surface area contributed by atoms with Gasteiger partial charge in [-0.05, 0) is 30.7 Å². The molecule has 2 aromatic rings. The van der Waals surface area contributed by atoms with Gasteiger partial charge in [0.1, 0.15) is 5.69 Å². The third-order valence-corrected chi connectivity index (χ3v) is 5.15. The Balaban J connectivity index is 1.71. The summed E-state index contributed by atoms with van der Waals surface area (Å²) in [6.07, 6.45) is 0.905. The van der Waals surface area contributed by atoms with Crippen molar-refractivity contribution < 1.29 is 13.6 Å². The first kappa shape index (κ1) is 19.2. The van der Waals surface area contributed by atoms with Crippen LogP contribution < -0.4 is 11.1 Å². The summed E-state index contributed by atoms with van der Waals surface area (Å²) in [6.45, 7) is 2.02. The van der Waals surface area contributed by atoms with Crippen LogP contribution >= 0.6 is 11.8 Å². The lowest BCUT2D eigenvalue weighted by Gasteiger charge is -2.24. The van der Waals surface area contributed by atoms with E-state index in [0.717, 1.165) is 24.1 Å². The van der Waals surface area contributed by atoms with Gasteiger partial charge >= 0.3 is 0 Å². The molecule has 2 aromatic heterocycles. The van der Waals surface area contributed by atoms with Gasteiger partial charge < -0.3 is 11.1 Å². The zero-order chi connectivity index (χ0) is 19.4. The van der Waals surface area contributed by atoms with Gasteiger partial charge in [0.15, 0.2) is 5.17 Å². The summed E-state index contributed by atoms with van der Waals surface area (Å²) >= 11 is 1.54. The highest BCUT2D eigenvalue weighted by atomic mass is 32.2. The number of hydrogen-bond donors (Lipinski definition) is 2. The molecule has 1 aliphatic heterocycles. The minimum absolute atomic E-state index is 0.0461. The molecule has 6 nitrogen and oxygen atoms in total. The quantitative estimate of drug-likeness (QED) is 0.812. The van der Waals surface area contributed by atoms with Crippen molar-refractivity contribution in [3.8, 4) is 0 Å². The predicted octanol–water partition coefficient (Wildman–Crippen LogP) is 3.59. The summed E-state index contributed by atoms with van der Waals surface area (Å²) in [5.41, 5.74) is 7.00. The van der Waals surface area contributed by atoms with Crippen molar-refractivity contribution in [2.24, 2.45) is 10.7 Å². The molecule has 9 heteroatoms. The number of anilines is 1. The molecule has 0 spiro atoms. The van der Waals surface area contributed by atoms with E-state index in [4.69, 9.17) is 5.73 Å². The number of nitrogens with one attached hydrogen (secondary N) is 1. The zero-order valence-electron chi connectivity index (χ0n) is 14.6. The van der Waals surface area contributed by atoms with Gasteiger partial charge in [0.05, 0.1) is 6.04 Å². The van der Waals surface area contributed by atoms with Crippen LogP contribution in [0.25, 0.3) is 0 Å². The zero-order valence-corrected chi connectivity index (χ0v) is 15.4. The van der Waals surface area contributed by atoms with Crippen molar-refractivity contribution in [3.63, 3.8) is 0 Å². The fraction of sp³-hybridized carbons (Fsp3) is 0.333. The van der Waals surface area contributed by atoms with Gasteiger partial charge in [-0.25, -0.2) is 8.78 Å². The number of nitrogens with two attached hydrogens (primary N) is 1. The predicted molar refractivity (Wildman–Crippen MR) is 102 cm³/mol. The molecule has 0 saturated heterocycles. The van der Waals surface area contributed by atoms with E-state index in [2.05, 4.69) is 20.3 Å². The standard InChI is InChI=1S/C18H19F2N5OS/c1-10(13-5-7-27-18(21)25-13)15-8-12(4-6-22-15)24-17(26)14-3-2-11(9-23-14)16(19)20/h2-4,6,8-10,13,16H,5,7H2,1H3,(H2,21,25)(H,22,24,26)/t10-,13?/m0/s1. The second-order valence-corrected chi connectivity index (χ2v) is 7.28. The molecule has 0 aliphatic carbocycles. The molecule has 1 amide bonds. The topological polar surface area (TPSA) is 93.3 Å². The number of aliphatic imine (C=N–C) groups is 1. The van der Waals surface area contributed by atoms with Crippen LogP contribution in [0.2, 0.25) is 0 Å². The first-order chi connectivity index (χ1) is 12.9. The first-order valence-corrected chi connectivity index (χ1v) is 9.40. The second kappa shape index (κ2) is 8.43. The number of alkyl halides is 2. The molecule has 1 aliphatic rings. The largest absolute Gasteiger partial charge is 0.379 e. The lowest BCUT2D eigenvalue weighted by atomic mass is 9.95. The Morgan fingerprint density at radius 3 is 2.81 bits per heavy atom. The minimum atomic E-state index is -2.62. The fourth-order valence-corrected chi connectivity index (χ4v) is 3.53. The summed E-state index contributed by atoms with van der Waals surface area (Å²) in [5, 5.41) is 3.30. The molecule has 0 bridgehead atoms. The Labute approximate surface area is 159 Å². The highest BCUT2D eigenvalue weighted by molar-refractivity contribution is 8.13. The van der Waals surface area contributed by atoms with Gasteiger partial charge in [0.25, 0.3) is 12.3 Å². The van der Waals surface area contributed by atoms with Gasteiger partial charge in [0.2, 0.25) is 0 Å². The van der Waals surface area contributed by atoms with Crippen LogP contribution in [0.5, 0.6) is 0 Å². The lowest BCUT2D eigenvalue weighted by molar-refractivity contribution is 0.102. The molecule has 0 radical (unpaired) electrons. The third-order valence-electron chi connectivity index (χ3n) is 4.31. The highest BCUT2D eigenvalue weighted by Crippen LogP contribution is 2.28. The van der Waals surface area contributed by atoms with Gasteiger partial charge in [-0.3, -0.25) is 19.8 Å². The SMILES string of the molecule is C[C@H](c1cc(NC(=O)c2ccc(C(F)F)cn2)ccn1)C1CCSC(N)=N1. The van der Waals surface area contributed by atoms with E-state index in [1.54, 1.807) is 30.1 Å². The van der Waals surface area contributed by atoms with E-state index >= 15 is 0 Å². The van der Waals surface area contributed by atoms with Gasteiger partial charge in [-0.2, -0.15) is 0 Å². The Hall–Kier alpha value is -2.55. The summed E-state index contributed by atoms with van der Waals surface area (Å²) in [4.78, 5) is 25.0. The van der Waals surface area contributed by atoms with Crippen molar-refractivity contribution in [3.05, 3.63) is 53.6 Å². The Morgan fingerprint density at radius 2 is 2.15 bits per heavy atom. The van der Waals surface area contributed by atoms with Gasteiger partial charge in [-0.15, -0.1) is 0 Å². The molecular formula is C18H19F2N5OS. The summed E-state index contributed by atoms with van der Waals surface area (Å²) in [7, 11) is 0. The number of aromatic nitrogens is 2. The summed E-state index contributed by atoms with van der Waals surface area (Å²) < 4.78 is 25.2. The number of carbonyl (C=O) groups is 1. The van der Waals surface area contributed by atoms with Gasteiger partial charge in [0, 0.05) is 41.0 Å². The number of hydrogen-bond acceptors (Lipinski definition) is 6. The van der Waals surface area contributed by atoms with Crippen molar-refractivity contribution in [2.45, 2.75) is 31.7 Å². The molecule has 3 N–H and O–H groups in total. The Kier molecular flexibility index (Phi) is 6.00. The van der Waals surface area contributed by atoms with Crippen LogP contribution in [0, 0.1) is 0 Å². The average Bonchev–Trinajstić information content (AvgIpc) is 2.67.